The number of carbonyl (C=O) groups is 1. The van der Waals surface area contributed by atoms with Crippen molar-refractivity contribution in [2.45, 2.75) is 25.2 Å². The molecule has 0 heterocycles. The molecule has 76 valence electrons. The molecule has 0 unspecified atom stereocenters. The molecule has 0 spiro atoms. The fourth-order valence-electron chi connectivity index (χ4n) is 1.67. The predicted octanol–water partition coefficient (Wildman–Crippen LogP) is 2.20. The molecule has 0 aromatic heterocycles. The number of nitriles is 1. The lowest BCUT2D eigenvalue weighted by Crippen LogP contribution is -2.07. The summed E-state index contributed by atoms with van der Waals surface area (Å²) in [5.74, 6) is -0.0795. The van der Waals surface area contributed by atoms with E-state index in [0.29, 0.717) is 0 Å². The van der Waals surface area contributed by atoms with Crippen LogP contribution >= 0.6 is 0 Å². The Bertz CT molecular complexity index is 424. The van der Waals surface area contributed by atoms with Crippen molar-refractivity contribution < 1.29 is 4.79 Å². The monoisotopic (exact) mass is 200 g/mol. The van der Waals surface area contributed by atoms with Crippen LogP contribution in [-0.4, -0.2) is 5.91 Å². The molecule has 3 heteroatoms. The van der Waals surface area contributed by atoms with Crippen LogP contribution in [0.3, 0.4) is 0 Å². The van der Waals surface area contributed by atoms with Gasteiger partial charge in [0.25, 0.3) is 0 Å². The Hall–Kier alpha value is -1.82. The zero-order chi connectivity index (χ0) is 10.9. The normalized spacial score (nSPS) is 16.5. The van der Waals surface area contributed by atoms with Crippen LogP contribution in [-0.2, 0) is 10.2 Å². The highest BCUT2D eigenvalue weighted by Gasteiger charge is 2.44. The van der Waals surface area contributed by atoms with E-state index in [9.17, 15) is 4.79 Å². The summed E-state index contributed by atoms with van der Waals surface area (Å²) in [6, 6.07) is 9.86. The van der Waals surface area contributed by atoms with E-state index in [1.165, 1.54) is 6.92 Å². The van der Waals surface area contributed by atoms with Gasteiger partial charge in [0.15, 0.2) is 0 Å². The van der Waals surface area contributed by atoms with Gasteiger partial charge in [-0.15, -0.1) is 0 Å². The minimum Gasteiger partial charge on any atom is -0.326 e. The molecule has 1 aliphatic carbocycles. The van der Waals surface area contributed by atoms with Crippen molar-refractivity contribution in [1.82, 2.24) is 0 Å². The highest BCUT2D eigenvalue weighted by atomic mass is 16.1. The zero-order valence-electron chi connectivity index (χ0n) is 8.58. The van der Waals surface area contributed by atoms with Crippen LogP contribution in [0, 0.1) is 11.3 Å². The molecule has 1 aromatic rings. The van der Waals surface area contributed by atoms with Crippen LogP contribution in [0.25, 0.3) is 0 Å². The van der Waals surface area contributed by atoms with E-state index in [-0.39, 0.29) is 11.3 Å². The van der Waals surface area contributed by atoms with Crippen molar-refractivity contribution in [3.8, 4) is 6.07 Å². The highest BCUT2D eigenvalue weighted by molar-refractivity contribution is 5.88. The van der Waals surface area contributed by atoms with E-state index in [1.54, 1.807) is 0 Å². The lowest BCUT2D eigenvalue weighted by atomic mass is 9.98. The zero-order valence-corrected chi connectivity index (χ0v) is 8.58. The molecule has 1 N–H and O–H groups in total. The summed E-state index contributed by atoms with van der Waals surface area (Å²) < 4.78 is 0. The smallest absolute Gasteiger partial charge is 0.221 e. The molecule has 0 atom stereocenters. The molecule has 3 nitrogen and oxygen atoms in total. The number of rotatable bonds is 2. The van der Waals surface area contributed by atoms with E-state index in [0.717, 1.165) is 24.1 Å². The van der Waals surface area contributed by atoms with Crippen molar-refractivity contribution >= 4 is 11.6 Å². The molecule has 1 aromatic carbocycles. The fraction of sp³-hybridized carbons (Fsp3) is 0.333. The molecule has 1 saturated carbocycles. The first-order chi connectivity index (χ1) is 7.16. The SMILES string of the molecule is CC(=O)Nc1ccc(C2(C#N)CC2)cc1. The summed E-state index contributed by atoms with van der Waals surface area (Å²) in [6.45, 7) is 1.48. The van der Waals surface area contributed by atoms with Gasteiger partial charge in [0.2, 0.25) is 5.91 Å². The third-order valence-corrected chi connectivity index (χ3v) is 2.72. The quantitative estimate of drug-likeness (QED) is 0.795. The second-order valence-corrected chi connectivity index (χ2v) is 3.95. The van der Waals surface area contributed by atoms with Crippen molar-refractivity contribution in [3.05, 3.63) is 29.8 Å². The molecular formula is C12H12N2O. The number of anilines is 1. The predicted molar refractivity (Wildman–Crippen MR) is 57.3 cm³/mol. The van der Waals surface area contributed by atoms with Crippen LogP contribution in [0.1, 0.15) is 25.3 Å². The minimum atomic E-state index is -0.241. The van der Waals surface area contributed by atoms with Gasteiger partial charge in [0, 0.05) is 12.6 Å². The average Bonchev–Trinajstić information content (AvgIpc) is 2.99. The van der Waals surface area contributed by atoms with Gasteiger partial charge >= 0.3 is 0 Å². The van der Waals surface area contributed by atoms with Gasteiger partial charge in [-0.1, -0.05) is 12.1 Å². The first kappa shape index (κ1) is 9.72. The maximum atomic E-state index is 10.8. The van der Waals surface area contributed by atoms with Gasteiger partial charge in [-0.05, 0) is 30.5 Å². The largest absolute Gasteiger partial charge is 0.326 e. The van der Waals surface area contributed by atoms with E-state index in [4.69, 9.17) is 5.26 Å². The van der Waals surface area contributed by atoms with Gasteiger partial charge in [-0.25, -0.2) is 0 Å². The first-order valence-corrected chi connectivity index (χ1v) is 4.96. The van der Waals surface area contributed by atoms with Crippen LogP contribution < -0.4 is 5.32 Å². The van der Waals surface area contributed by atoms with Crippen molar-refractivity contribution in [2.75, 3.05) is 5.32 Å². The molecule has 0 radical (unpaired) electrons. The second kappa shape index (κ2) is 3.39. The fourth-order valence-corrected chi connectivity index (χ4v) is 1.67. The molecule has 0 bridgehead atoms. The third-order valence-electron chi connectivity index (χ3n) is 2.72. The highest BCUT2D eigenvalue weighted by Crippen LogP contribution is 2.47. The Kier molecular flexibility index (Phi) is 2.20. The number of benzene rings is 1. The molecule has 15 heavy (non-hydrogen) atoms. The Labute approximate surface area is 88.7 Å². The summed E-state index contributed by atoms with van der Waals surface area (Å²) in [6.07, 6.45) is 1.89. The van der Waals surface area contributed by atoms with Crippen LogP contribution in [0.4, 0.5) is 5.69 Å². The molecule has 1 fully saturated rings. The van der Waals surface area contributed by atoms with Crippen molar-refractivity contribution in [3.63, 3.8) is 0 Å². The average molecular weight is 200 g/mol. The summed E-state index contributed by atoms with van der Waals surface area (Å²) in [7, 11) is 0. The molecule has 0 saturated heterocycles. The van der Waals surface area contributed by atoms with Gasteiger partial charge < -0.3 is 5.32 Å². The number of carbonyl (C=O) groups excluding carboxylic acids is 1. The first-order valence-electron chi connectivity index (χ1n) is 4.96. The molecule has 2 rings (SSSR count). The van der Waals surface area contributed by atoms with Crippen molar-refractivity contribution in [1.29, 1.82) is 5.26 Å². The molecule has 0 aliphatic heterocycles. The Morgan fingerprint density at radius 1 is 1.40 bits per heavy atom. The van der Waals surface area contributed by atoms with E-state index >= 15 is 0 Å². The Morgan fingerprint density at radius 2 is 2.00 bits per heavy atom. The molecule has 1 amide bonds. The Balaban J connectivity index is 2.18. The summed E-state index contributed by atoms with van der Waals surface area (Å²) >= 11 is 0. The summed E-state index contributed by atoms with van der Waals surface area (Å²) in [5, 5.41) is 11.7. The van der Waals surface area contributed by atoms with Gasteiger partial charge in [-0.3, -0.25) is 4.79 Å². The number of amides is 1. The Morgan fingerprint density at radius 3 is 2.40 bits per heavy atom. The van der Waals surface area contributed by atoms with Crippen LogP contribution in [0.2, 0.25) is 0 Å². The molecule has 1 aliphatic rings. The van der Waals surface area contributed by atoms with Crippen molar-refractivity contribution in [2.24, 2.45) is 0 Å². The lowest BCUT2D eigenvalue weighted by Gasteiger charge is -2.07. The molecular weight excluding hydrogens is 188 g/mol. The minimum absolute atomic E-state index is 0.0795. The number of hydrogen-bond acceptors (Lipinski definition) is 2. The number of hydrogen-bond donors (Lipinski definition) is 1. The summed E-state index contributed by atoms with van der Waals surface area (Å²) in [4.78, 5) is 10.8. The maximum Gasteiger partial charge on any atom is 0.221 e. The van der Waals surface area contributed by atoms with E-state index in [1.807, 2.05) is 24.3 Å². The topological polar surface area (TPSA) is 52.9 Å². The van der Waals surface area contributed by atoms with E-state index in [2.05, 4.69) is 11.4 Å². The van der Waals surface area contributed by atoms with Gasteiger partial charge in [-0.2, -0.15) is 5.26 Å². The van der Waals surface area contributed by atoms with Crippen LogP contribution in [0.15, 0.2) is 24.3 Å². The van der Waals surface area contributed by atoms with Crippen LogP contribution in [0.5, 0.6) is 0 Å². The van der Waals surface area contributed by atoms with Gasteiger partial charge in [0.1, 0.15) is 0 Å². The third kappa shape index (κ3) is 1.84. The number of nitrogens with zero attached hydrogens (tertiary/aromatic N) is 1. The second-order valence-electron chi connectivity index (χ2n) is 3.95. The van der Waals surface area contributed by atoms with E-state index < -0.39 is 0 Å². The number of nitrogens with one attached hydrogen (secondary N) is 1. The van der Waals surface area contributed by atoms with Gasteiger partial charge in [0.05, 0.1) is 11.5 Å². The summed E-state index contributed by atoms with van der Waals surface area (Å²) in [5.41, 5.74) is 1.59. The lowest BCUT2D eigenvalue weighted by molar-refractivity contribution is -0.114. The standard InChI is InChI=1S/C12H12N2O/c1-9(15)14-11-4-2-10(3-5-11)12(8-13)6-7-12/h2-5H,6-7H2,1H3,(H,14,15). The maximum absolute atomic E-state index is 10.8.